The topological polar surface area (TPSA) is 26.3 Å². The second kappa shape index (κ2) is 5.65. The lowest BCUT2D eigenvalue weighted by atomic mass is 10.4. The lowest BCUT2D eigenvalue weighted by Crippen LogP contribution is -2.06. The summed E-state index contributed by atoms with van der Waals surface area (Å²) in [7, 11) is 0. The van der Waals surface area contributed by atoms with Gasteiger partial charge in [-0.05, 0) is 31.2 Å². The normalized spacial score (nSPS) is 9.86. The highest BCUT2D eigenvalue weighted by Crippen LogP contribution is 2.17. The third-order valence-corrected chi connectivity index (χ3v) is 2.46. The highest BCUT2D eigenvalue weighted by atomic mass is 32.2. The molecule has 1 rings (SSSR count). The molecule has 4 heteroatoms. The monoisotopic (exact) mass is 214 g/mol. The van der Waals surface area contributed by atoms with Crippen LogP contribution in [0.2, 0.25) is 0 Å². The largest absolute Gasteiger partial charge is 0.465 e. The third-order valence-electron chi connectivity index (χ3n) is 1.48. The Kier molecular flexibility index (Phi) is 4.46. The summed E-state index contributed by atoms with van der Waals surface area (Å²) in [5, 5.41) is 0. The van der Waals surface area contributed by atoms with Crippen molar-refractivity contribution in [1.29, 1.82) is 0 Å². The van der Waals surface area contributed by atoms with E-state index in [1.54, 1.807) is 19.1 Å². The number of carbonyl (C=O) groups excluding carboxylic acids is 1. The van der Waals surface area contributed by atoms with Gasteiger partial charge in [-0.25, -0.2) is 4.39 Å². The van der Waals surface area contributed by atoms with Crippen molar-refractivity contribution in [2.45, 2.75) is 11.8 Å². The van der Waals surface area contributed by atoms with Crippen molar-refractivity contribution in [3.63, 3.8) is 0 Å². The molecule has 0 fully saturated rings. The summed E-state index contributed by atoms with van der Waals surface area (Å²) in [6.45, 7) is 2.16. The minimum atomic E-state index is -0.273. The number of rotatable bonds is 4. The number of esters is 1. The van der Waals surface area contributed by atoms with Crippen LogP contribution in [0.5, 0.6) is 0 Å². The molecule has 0 radical (unpaired) electrons. The van der Waals surface area contributed by atoms with E-state index in [2.05, 4.69) is 0 Å². The average molecular weight is 214 g/mol. The van der Waals surface area contributed by atoms with Gasteiger partial charge < -0.3 is 4.74 Å². The van der Waals surface area contributed by atoms with Gasteiger partial charge in [0.1, 0.15) is 5.82 Å². The summed E-state index contributed by atoms with van der Waals surface area (Å²) in [6.07, 6.45) is 0. The molecule has 2 nitrogen and oxygen atoms in total. The number of ether oxygens (including phenoxy) is 1. The van der Waals surface area contributed by atoms with Crippen molar-refractivity contribution in [1.82, 2.24) is 0 Å². The Labute approximate surface area is 86.5 Å². The highest BCUT2D eigenvalue weighted by molar-refractivity contribution is 8.00. The predicted octanol–water partition coefficient (Wildman–Crippen LogP) is 2.48. The van der Waals surface area contributed by atoms with Gasteiger partial charge >= 0.3 is 5.97 Å². The van der Waals surface area contributed by atoms with Crippen molar-refractivity contribution in [3.05, 3.63) is 30.1 Å². The molecule has 0 aromatic heterocycles. The molecule has 76 valence electrons. The van der Waals surface area contributed by atoms with Crippen LogP contribution in [0, 0.1) is 5.82 Å². The van der Waals surface area contributed by atoms with Crippen LogP contribution in [0.4, 0.5) is 4.39 Å². The Morgan fingerprint density at radius 3 is 2.64 bits per heavy atom. The average Bonchev–Trinajstić information content (AvgIpc) is 2.17. The van der Waals surface area contributed by atoms with E-state index >= 15 is 0 Å². The fourth-order valence-corrected chi connectivity index (χ4v) is 1.57. The number of thioether (sulfide) groups is 1. The van der Waals surface area contributed by atoms with Gasteiger partial charge in [0.15, 0.2) is 0 Å². The minimum absolute atomic E-state index is 0.248. The first-order chi connectivity index (χ1) is 6.72. The molecule has 1 aromatic carbocycles. The first-order valence-electron chi connectivity index (χ1n) is 4.26. The van der Waals surface area contributed by atoms with E-state index in [0.29, 0.717) is 6.61 Å². The lowest BCUT2D eigenvalue weighted by molar-refractivity contribution is -0.139. The predicted molar refractivity (Wildman–Crippen MR) is 53.8 cm³/mol. The summed E-state index contributed by atoms with van der Waals surface area (Å²) < 4.78 is 17.3. The second-order valence-corrected chi connectivity index (χ2v) is 3.60. The van der Waals surface area contributed by atoms with Gasteiger partial charge in [0.05, 0.1) is 12.4 Å². The van der Waals surface area contributed by atoms with Gasteiger partial charge in [0, 0.05) is 4.90 Å². The van der Waals surface area contributed by atoms with Gasteiger partial charge in [-0.3, -0.25) is 4.79 Å². The standard InChI is InChI=1S/C10H11FO2S/c1-2-13-10(12)7-14-9-5-3-8(11)4-6-9/h3-6H,2,7H2,1H3. The summed E-state index contributed by atoms with van der Waals surface area (Å²) in [6, 6.07) is 6.01. The molecule has 0 unspecified atom stereocenters. The van der Waals surface area contributed by atoms with Gasteiger partial charge in [0.25, 0.3) is 0 Å². The first-order valence-corrected chi connectivity index (χ1v) is 5.25. The molecule has 0 bridgehead atoms. The Morgan fingerprint density at radius 2 is 2.07 bits per heavy atom. The Hall–Kier alpha value is -1.03. The van der Waals surface area contributed by atoms with Crippen molar-refractivity contribution < 1.29 is 13.9 Å². The number of hydrogen-bond acceptors (Lipinski definition) is 3. The Bertz CT molecular complexity index is 297. The molecule has 0 N–H and O–H groups in total. The maximum Gasteiger partial charge on any atom is 0.316 e. The quantitative estimate of drug-likeness (QED) is 0.569. The molecule has 0 aliphatic heterocycles. The maximum absolute atomic E-state index is 12.5. The zero-order chi connectivity index (χ0) is 10.4. The van der Waals surface area contributed by atoms with Crippen molar-refractivity contribution in [2.24, 2.45) is 0 Å². The van der Waals surface area contributed by atoms with Crippen LogP contribution in [0.25, 0.3) is 0 Å². The number of hydrogen-bond donors (Lipinski definition) is 0. The summed E-state index contributed by atoms with van der Waals surface area (Å²) >= 11 is 1.34. The fraction of sp³-hybridized carbons (Fsp3) is 0.300. The van der Waals surface area contributed by atoms with Crippen molar-refractivity contribution in [2.75, 3.05) is 12.4 Å². The molecule has 1 aromatic rings. The lowest BCUT2D eigenvalue weighted by Gasteiger charge is -2.01. The van der Waals surface area contributed by atoms with Gasteiger partial charge in [0.2, 0.25) is 0 Å². The fourth-order valence-electron chi connectivity index (χ4n) is 0.876. The molecule has 14 heavy (non-hydrogen) atoms. The number of benzene rings is 1. The zero-order valence-electron chi connectivity index (χ0n) is 7.83. The van der Waals surface area contributed by atoms with Gasteiger partial charge in [-0.2, -0.15) is 0 Å². The van der Waals surface area contributed by atoms with Crippen LogP contribution >= 0.6 is 11.8 Å². The molecule has 0 amide bonds. The van der Waals surface area contributed by atoms with Gasteiger partial charge in [-0.1, -0.05) is 0 Å². The molecular formula is C10H11FO2S. The smallest absolute Gasteiger partial charge is 0.316 e. The van der Waals surface area contributed by atoms with E-state index in [0.717, 1.165) is 4.90 Å². The molecule has 0 heterocycles. The third kappa shape index (κ3) is 3.79. The molecule has 0 aliphatic rings. The number of halogens is 1. The molecule has 0 atom stereocenters. The molecule has 0 saturated carbocycles. The maximum atomic E-state index is 12.5. The van der Waals surface area contributed by atoms with E-state index < -0.39 is 0 Å². The van der Waals surface area contributed by atoms with Crippen molar-refractivity contribution in [3.8, 4) is 0 Å². The van der Waals surface area contributed by atoms with Crippen LogP contribution in [0.1, 0.15) is 6.92 Å². The first kappa shape index (κ1) is 11.0. The van der Waals surface area contributed by atoms with E-state index in [4.69, 9.17) is 4.74 Å². The van der Waals surface area contributed by atoms with E-state index in [9.17, 15) is 9.18 Å². The Morgan fingerprint density at radius 1 is 1.43 bits per heavy atom. The molecule has 0 saturated heterocycles. The minimum Gasteiger partial charge on any atom is -0.465 e. The number of carbonyl (C=O) groups is 1. The van der Waals surface area contributed by atoms with Crippen LogP contribution in [0.15, 0.2) is 29.2 Å². The van der Waals surface area contributed by atoms with E-state index in [1.165, 1.54) is 23.9 Å². The van der Waals surface area contributed by atoms with Gasteiger partial charge in [-0.15, -0.1) is 11.8 Å². The van der Waals surface area contributed by atoms with Crippen LogP contribution in [-0.2, 0) is 9.53 Å². The molecule has 0 spiro atoms. The summed E-state index contributed by atoms with van der Waals surface area (Å²) in [4.78, 5) is 11.8. The van der Waals surface area contributed by atoms with E-state index in [-0.39, 0.29) is 17.5 Å². The summed E-state index contributed by atoms with van der Waals surface area (Å²) in [5.74, 6) is -0.258. The van der Waals surface area contributed by atoms with Crippen LogP contribution < -0.4 is 0 Å². The van der Waals surface area contributed by atoms with Crippen LogP contribution in [-0.4, -0.2) is 18.3 Å². The Balaban J connectivity index is 2.38. The zero-order valence-corrected chi connectivity index (χ0v) is 8.64. The van der Waals surface area contributed by atoms with E-state index in [1.807, 2.05) is 0 Å². The molecule has 0 aliphatic carbocycles. The molecular weight excluding hydrogens is 203 g/mol. The SMILES string of the molecule is CCOC(=O)CSc1ccc(F)cc1. The highest BCUT2D eigenvalue weighted by Gasteiger charge is 2.02. The summed E-state index contributed by atoms with van der Waals surface area (Å²) in [5.41, 5.74) is 0. The second-order valence-electron chi connectivity index (χ2n) is 2.55. The van der Waals surface area contributed by atoms with Crippen molar-refractivity contribution >= 4 is 17.7 Å². The van der Waals surface area contributed by atoms with Crippen LogP contribution in [0.3, 0.4) is 0 Å².